The number of aliphatic hydroxyl groups is 1. The van der Waals surface area contributed by atoms with Gasteiger partial charge in [0.2, 0.25) is 5.78 Å². The molecule has 5 nitrogen and oxygen atoms in total. The number of Topliss-reactive ketones (excluding diaryl/α,β-unsaturated/α-hetero) is 1. The first-order chi connectivity index (χ1) is 13.0. The van der Waals surface area contributed by atoms with E-state index in [0.717, 1.165) is 5.56 Å². The van der Waals surface area contributed by atoms with Crippen LogP contribution in [0.15, 0.2) is 71.1 Å². The van der Waals surface area contributed by atoms with Crippen molar-refractivity contribution in [1.29, 1.82) is 0 Å². The van der Waals surface area contributed by atoms with E-state index in [0.29, 0.717) is 23.6 Å². The first-order valence-corrected chi connectivity index (χ1v) is 8.76. The third-order valence-electron chi connectivity index (χ3n) is 4.85. The minimum atomic E-state index is -1.90. The van der Waals surface area contributed by atoms with Crippen LogP contribution in [0.5, 0.6) is 0 Å². The Bertz CT molecular complexity index is 1010. The number of hydrogen-bond acceptors (Lipinski definition) is 4. The number of para-hydroxylation sites is 1. The third kappa shape index (κ3) is 2.96. The molecule has 0 aliphatic carbocycles. The molecule has 1 N–H and O–H groups in total. The van der Waals surface area contributed by atoms with Crippen molar-refractivity contribution in [1.82, 2.24) is 0 Å². The van der Waals surface area contributed by atoms with Gasteiger partial charge in [-0.1, -0.05) is 48.5 Å². The van der Waals surface area contributed by atoms with Crippen molar-refractivity contribution in [2.45, 2.75) is 25.5 Å². The number of furan rings is 1. The standard InChI is InChI=1S/C22H19NO4/c1-15-11-12-20(27-15)19(24)13-22(26)17-9-5-6-10-18(17)23(21(22)25)14-16-7-3-2-4-8-16/h2-12,26H,13-14H2,1H3/t22-/m0/s1. The number of ketones is 1. The summed E-state index contributed by atoms with van der Waals surface area (Å²) in [4.78, 5) is 27.3. The largest absolute Gasteiger partial charge is 0.458 e. The Labute approximate surface area is 156 Å². The molecule has 0 spiro atoms. The summed E-state index contributed by atoms with van der Waals surface area (Å²) in [5.41, 5.74) is 0.112. The molecule has 1 aliphatic heterocycles. The predicted octanol–water partition coefficient (Wildman–Crippen LogP) is 3.60. The zero-order chi connectivity index (χ0) is 19.0. The Morgan fingerprint density at radius 1 is 1.04 bits per heavy atom. The van der Waals surface area contributed by atoms with Crippen LogP contribution in [0.25, 0.3) is 0 Å². The molecule has 5 heteroatoms. The quantitative estimate of drug-likeness (QED) is 0.705. The van der Waals surface area contributed by atoms with Crippen LogP contribution in [0.4, 0.5) is 5.69 Å². The van der Waals surface area contributed by atoms with E-state index in [-0.39, 0.29) is 12.2 Å². The Morgan fingerprint density at radius 2 is 1.74 bits per heavy atom. The number of carbonyl (C=O) groups excluding carboxylic acids is 2. The van der Waals surface area contributed by atoms with Crippen molar-refractivity contribution < 1.29 is 19.1 Å². The molecule has 0 fully saturated rings. The maximum Gasteiger partial charge on any atom is 0.264 e. The van der Waals surface area contributed by atoms with Crippen molar-refractivity contribution in [3.8, 4) is 0 Å². The van der Waals surface area contributed by atoms with Crippen LogP contribution in [-0.2, 0) is 16.9 Å². The van der Waals surface area contributed by atoms with Crippen LogP contribution in [-0.4, -0.2) is 16.8 Å². The summed E-state index contributed by atoms with van der Waals surface area (Å²) in [6, 6.07) is 19.8. The highest BCUT2D eigenvalue weighted by atomic mass is 16.3. The summed E-state index contributed by atoms with van der Waals surface area (Å²) in [7, 11) is 0. The molecule has 2 aromatic carbocycles. The summed E-state index contributed by atoms with van der Waals surface area (Å²) in [6.45, 7) is 2.07. The molecular formula is C22H19NO4. The Balaban J connectivity index is 1.68. The van der Waals surface area contributed by atoms with Crippen molar-refractivity contribution in [3.05, 3.63) is 89.4 Å². The summed E-state index contributed by atoms with van der Waals surface area (Å²) < 4.78 is 5.36. The maximum absolute atomic E-state index is 13.2. The zero-order valence-corrected chi connectivity index (χ0v) is 14.9. The molecular weight excluding hydrogens is 342 g/mol. The van der Waals surface area contributed by atoms with Crippen molar-refractivity contribution in [3.63, 3.8) is 0 Å². The van der Waals surface area contributed by atoms with E-state index in [4.69, 9.17) is 4.42 Å². The lowest BCUT2D eigenvalue weighted by Gasteiger charge is -2.22. The van der Waals surface area contributed by atoms with Gasteiger partial charge >= 0.3 is 0 Å². The number of rotatable bonds is 5. The van der Waals surface area contributed by atoms with E-state index in [2.05, 4.69) is 0 Å². The van der Waals surface area contributed by atoms with Gasteiger partial charge in [-0.25, -0.2) is 0 Å². The number of carbonyl (C=O) groups is 2. The molecule has 136 valence electrons. The minimum absolute atomic E-state index is 0.146. The van der Waals surface area contributed by atoms with Crippen LogP contribution in [0.1, 0.15) is 33.9 Å². The Hall–Kier alpha value is -3.18. The highest BCUT2D eigenvalue weighted by Crippen LogP contribution is 2.43. The fourth-order valence-electron chi connectivity index (χ4n) is 3.50. The molecule has 2 heterocycles. The molecule has 4 rings (SSSR count). The van der Waals surface area contributed by atoms with E-state index in [1.807, 2.05) is 36.4 Å². The van der Waals surface area contributed by atoms with Crippen molar-refractivity contribution in [2.24, 2.45) is 0 Å². The first-order valence-electron chi connectivity index (χ1n) is 8.76. The first kappa shape index (κ1) is 17.2. The van der Waals surface area contributed by atoms with E-state index in [1.165, 1.54) is 4.90 Å². The summed E-state index contributed by atoms with van der Waals surface area (Å²) in [6.07, 6.45) is -0.360. The molecule has 1 atom stereocenters. The lowest BCUT2D eigenvalue weighted by molar-refractivity contribution is -0.136. The molecule has 27 heavy (non-hydrogen) atoms. The number of benzene rings is 2. The van der Waals surface area contributed by atoms with Crippen LogP contribution < -0.4 is 4.90 Å². The summed E-state index contributed by atoms with van der Waals surface area (Å²) in [5.74, 6) is -0.151. The maximum atomic E-state index is 13.2. The topological polar surface area (TPSA) is 70.8 Å². The highest BCUT2D eigenvalue weighted by molar-refractivity contribution is 6.10. The SMILES string of the molecule is Cc1ccc(C(=O)C[C@@]2(O)C(=O)N(Cc3ccccc3)c3ccccc32)o1. The van der Waals surface area contributed by atoms with Gasteiger partial charge < -0.3 is 14.4 Å². The number of nitrogens with zero attached hydrogens (tertiary/aromatic N) is 1. The Kier molecular flexibility index (Phi) is 4.16. The molecule has 3 aromatic rings. The number of amides is 1. The highest BCUT2D eigenvalue weighted by Gasteiger charge is 2.51. The fourth-order valence-corrected chi connectivity index (χ4v) is 3.50. The van der Waals surface area contributed by atoms with Gasteiger partial charge in [-0.05, 0) is 30.7 Å². The third-order valence-corrected chi connectivity index (χ3v) is 4.85. The van der Waals surface area contributed by atoms with Gasteiger partial charge in [0.1, 0.15) is 5.76 Å². The van der Waals surface area contributed by atoms with Crippen LogP contribution in [0.2, 0.25) is 0 Å². The normalized spacial score (nSPS) is 18.6. The van der Waals surface area contributed by atoms with E-state index in [9.17, 15) is 14.7 Å². The van der Waals surface area contributed by atoms with Crippen LogP contribution in [0, 0.1) is 6.92 Å². The second kappa shape index (κ2) is 6.52. The average molecular weight is 361 g/mol. The van der Waals surface area contributed by atoms with E-state index >= 15 is 0 Å². The molecule has 0 unspecified atom stereocenters. The van der Waals surface area contributed by atoms with Crippen molar-refractivity contribution >= 4 is 17.4 Å². The van der Waals surface area contributed by atoms with Gasteiger partial charge in [0.25, 0.3) is 5.91 Å². The average Bonchev–Trinajstić information content (AvgIpc) is 3.20. The lowest BCUT2D eigenvalue weighted by Crippen LogP contribution is -2.41. The van der Waals surface area contributed by atoms with Gasteiger partial charge in [-0.3, -0.25) is 9.59 Å². The van der Waals surface area contributed by atoms with Crippen molar-refractivity contribution in [2.75, 3.05) is 4.90 Å². The molecule has 1 aromatic heterocycles. The monoisotopic (exact) mass is 361 g/mol. The second-order valence-electron chi connectivity index (χ2n) is 6.76. The van der Waals surface area contributed by atoms with Gasteiger partial charge in [-0.2, -0.15) is 0 Å². The minimum Gasteiger partial charge on any atom is -0.458 e. The van der Waals surface area contributed by atoms with Crippen LogP contribution in [0.3, 0.4) is 0 Å². The van der Waals surface area contributed by atoms with Crippen LogP contribution >= 0.6 is 0 Å². The molecule has 1 aliphatic rings. The smallest absolute Gasteiger partial charge is 0.264 e. The number of anilines is 1. The van der Waals surface area contributed by atoms with E-state index < -0.39 is 17.3 Å². The van der Waals surface area contributed by atoms with E-state index in [1.54, 1.807) is 37.3 Å². The molecule has 1 amide bonds. The lowest BCUT2D eigenvalue weighted by atomic mass is 9.89. The predicted molar refractivity (Wildman–Crippen MR) is 100 cm³/mol. The molecule has 0 bridgehead atoms. The molecule has 0 saturated carbocycles. The molecule has 0 radical (unpaired) electrons. The second-order valence-corrected chi connectivity index (χ2v) is 6.76. The van der Waals surface area contributed by atoms with Gasteiger partial charge in [0.15, 0.2) is 11.4 Å². The number of hydrogen-bond donors (Lipinski definition) is 1. The van der Waals surface area contributed by atoms with Gasteiger partial charge in [0.05, 0.1) is 18.7 Å². The fraction of sp³-hybridized carbons (Fsp3) is 0.182. The zero-order valence-electron chi connectivity index (χ0n) is 14.9. The van der Waals surface area contributed by atoms with Gasteiger partial charge in [-0.15, -0.1) is 0 Å². The number of aryl methyl sites for hydroxylation is 1. The summed E-state index contributed by atoms with van der Waals surface area (Å²) >= 11 is 0. The van der Waals surface area contributed by atoms with Gasteiger partial charge in [0, 0.05) is 5.56 Å². The molecule has 0 saturated heterocycles. The Morgan fingerprint density at radius 3 is 2.44 bits per heavy atom. The number of fused-ring (bicyclic) bond motifs is 1. The summed E-state index contributed by atoms with van der Waals surface area (Å²) in [5, 5.41) is 11.2.